The molecule has 0 aliphatic carbocycles. The van der Waals surface area contributed by atoms with Gasteiger partial charge in [-0.15, -0.1) is 12.4 Å². The number of likely N-dealkylation sites (tertiary alicyclic amines) is 1. The Labute approximate surface area is 158 Å². The topological polar surface area (TPSA) is 75.4 Å². The molecule has 1 saturated heterocycles. The van der Waals surface area contributed by atoms with Gasteiger partial charge in [0.1, 0.15) is 6.04 Å². The second-order valence-corrected chi connectivity index (χ2v) is 6.39. The van der Waals surface area contributed by atoms with Gasteiger partial charge in [0.25, 0.3) is 5.91 Å². The number of carbonyl (C=O) groups excluding carboxylic acids is 2. The molecule has 1 heterocycles. The standard InChI is InChI=1S/C16H21Cl2N3O2.ClH/c17-12-6-5-11(10-13(12)18)16(23)21-9-3-4-14(21)15(22)20-8-2-1-7-19;/h5-6,10,14H,1-4,7-9,19H2,(H,20,22);1H. The van der Waals surface area contributed by atoms with Gasteiger partial charge < -0.3 is 16.0 Å². The van der Waals surface area contributed by atoms with Gasteiger partial charge in [-0.1, -0.05) is 23.2 Å². The predicted octanol–water partition coefficient (Wildman–Crippen LogP) is 2.87. The SMILES string of the molecule is Cl.NCCCCNC(=O)C1CCCN1C(=O)c1ccc(Cl)c(Cl)c1. The molecule has 0 aromatic heterocycles. The molecule has 1 unspecified atom stereocenters. The number of amides is 2. The Kier molecular flexibility index (Phi) is 8.84. The smallest absolute Gasteiger partial charge is 0.254 e. The van der Waals surface area contributed by atoms with Crippen LogP contribution in [0.25, 0.3) is 0 Å². The van der Waals surface area contributed by atoms with Crippen LogP contribution in [0.2, 0.25) is 10.0 Å². The molecule has 1 fully saturated rings. The van der Waals surface area contributed by atoms with E-state index < -0.39 is 6.04 Å². The minimum Gasteiger partial charge on any atom is -0.354 e. The van der Waals surface area contributed by atoms with Crippen molar-refractivity contribution < 1.29 is 9.59 Å². The lowest BCUT2D eigenvalue weighted by atomic mass is 10.1. The number of nitrogens with two attached hydrogens (primary N) is 1. The third kappa shape index (κ3) is 5.24. The second-order valence-electron chi connectivity index (χ2n) is 5.57. The monoisotopic (exact) mass is 393 g/mol. The fourth-order valence-corrected chi connectivity index (χ4v) is 2.97. The summed E-state index contributed by atoms with van der Waals surface area (Å²) in [6.45, 7) is 1.77. The molecular formula is C16H22Cl3N3O2. The highest BCUT2D eigenvalue weighted by atomic mass is 35.5. The van der Waals surface area contributed by atoms with E-state index in [1.807, 2.05) is 0 Å². The van der Waals surface area contributed by atoms with Crippen LogP contribution in [0.15, 0.2) is 18.2 Å². The van der Waals surface area contributed by atoms with E-state index in [2.05, 4.69) is 5.32 Å². The molecule has 5 nitrogen and oxygen atoms in total. The van der Waals surface area contributed by atoms with E-state index in [9.17, 15) is 9.59 Å². The van der Waals surface area contributed by atoms with E-state index in [-0.39, 0.29) is 24.2 Å². The van der Waals surface area contributed by atoms with Gasteiger partial charge in [-0.3, -0.25) is 9.59 Å². The maximum Gasteiger partial charge on any atom is 0.254 e. The molecule has 1 aromatic rings. The quantitative estimate of drug-likeness (QED) is 0.728. The molecule has 2 amide bonds. The fraction of sp³-hybridized carbons (Fsp3) is 0.500. The summed E-state index contributed by atoms with van der Waals surface area (Å²) in [5, 5.41) is 3.62. The normalized spacial score (nSPS) is 16.6. The summed E-state index contributed by atoms with van der Waals surface area (Å²) in [6, 6.07) is 4.34. The van der Waals surface area contributed by atoms with Gasteiger partial charge in [-0.2, -0.15) is 0 Å². The van der Waals surface area contributed by atoms with Crippen molar-refractivity contribution in [2.75, 3.05) is 19.6 Å². The summed E-state index contributed by atoms with van der Waals surface area (Å²) in [4.78, 5) is 26.5. The highest BCUT2D eigenvalue weighted by Gasteiger charge is 2.34. The first kappa shape index (κ1) is 21.0. The highest BCUT2D eigenvalue weighted by Crippen LogP contribution is 2.25. The summed E-state index contributed by atoms with van der Waals surface area (Å²) in [5.41, 5.74) is 5.88. The van der Waals surface area contributed by atoms with Crippen LogP contribution in [0, 0.1) is 0 Å². The fourth-order valence-electron chi connectivity index (χ4n) is 2.68. The van der Waals surface area contributed by atoms with Gasteiger partial charge in [0.2, 0.25) is 5.91 Å². The summed E-state index contributed by atoms with van der Waals surface area (Å²) >= 11 is 11.8. The summed E-state index contributed by atoms with van der Waals surface area (Å²) in [7, 11) is 0. The van der Waals surface area contributed by atoms with Crippen molar-refractivity contribution in [1.29, 1.82) is 0 Å². The molecule has 0 saturated carbocycles. The lowest BCUT2D eigenvalue weighted by Crippen LogP contribution is -2.46. The number of carbonyl (C=O) groups is 2. The Morgan fingerprint density at radius 1 is 1.25 bits per heavy atom. The maximum atomic E-state index is 12.6. The number of nitrogens with one attached hydrogen (secondary N) is 1. The van der Waals surface area contributed by atoms with Gasteiger partial charge in [-0.05, 0) is 50.4 Å². The van der Waals surface area contributed by atoms with E-state index >= 15 is 0 Å². The van der Waals surface area contributed by atoms with Gasteiger partial charge in [0.15, 0.2) is 0 Å². The molecule has 0 radical (unpaired) electrons. The van der Waals surface area contributed by atoms with E-state index in [0.29, 0.717) is 41.7 Å². The Morgan fingerprint density at radius 3 is 2.67 bits per heavy atom. The van der Waals surface area contributed by atoms with Crippen molar-refractivity contribution in [2.24, 2.45) is 5.73 Å². The van der Waals surface area contributed by atoms with Crippen LogP contribution in [-0.4, -0.2) is 42.4 Å². The van der Waals surface area contributed by atoms with Crippen LogP contribution in [-0.2, 0) is 4.79 Å². The molecule has 24 heavy (non-hydrogen) atoms. The number of benzene rings is 1. The highest BCUT2D eigenvalue weighted by molar-refractivity contribution is 6.42. The minimum absolute atomic E-state index is 0. The molecule has 0 bridgehead atoms. The minimum atomic E-state index is -0.421. The van der Waals surface area contributed by atoms with Crippen LogP contribution in [0.3, 0.4) is 0 Å². The number of unbranched alkanes of at least 4 members (excludes halogenated alkanes) is 1. The molecule has 1 aliphatic heterocycles. The molecular weight excluding hydrogens is 373 g/mol. The summed E-state index contributed by atoms with van der Waals surface area (Å²) in [6.07, 6.45) is 3.20. The Morgan fingerprint density at radius 2 is 2.00 bits per heavy atom. The number of halogens is 3. The number of hydrogen-bond donors (Lipinski definition) is 2. The van der Waals surface area contributed by atoms with Crippen LogP contribution in [0.4, 0.5) is 0 Å². The zero-order valence-corrected chi connectivity index (χ0v) is 15.6. The number of nitrogens with zero attached hydrogens (tertiary/aromatic N) is 1. The molecule has 0 spiro atoms. The molecule has 2 rings (SSSR count). The average Bonchev–Trinajstić information content (AvgIpc) is 3.03. The molecule has 134 valence electrons. The number of hydrogen-bond acceptors (Lipinski definition) is 3. The summed E-state index contributed by atoms with van der Waals surface area (Å²) in [5.74, 6) is -0.295. The second kappa shape index (κ2) is 10.1. The van der Waals surface area contributed by atoms with E-state index in [0.717, 1.165) is 19.3 Å². The Bertz CT molecular complexity index is 584. The van der Waals surface area contributed by atoms with Crippen molar-refractivity contribution in [1.82, 2.24) is 10.2 Å². The van der Waals surface area contributed by atoms with Crippen LogP contribution < -0.4 is 11.1 Å². The molecule has 1 aliphatic rings. The van der Waals surface area contributed by atoms with Crippen LogP contribution >= 0.6 is 35.6 Å². The lowest BCUT2D eigenvalue weighted by molar-refractivity contribution is -0.124. The molecule has 8 heteroatoms. The first-order valence-electron chi connectivity index (χ1n) is 7.78. The molecule has 1 aromatic carbocycles. The van der Waals surface area contributed by atoms with Gasteiger partial charge in [0, 0.05) is 18.7 Å². The van der Waals surface area contributed by atoms with Crippen molar-refractivity contribution in [3.05, 3.63) is 33.8 Å². The van der Waals surface area contributed by atoms with E-state index in [1.165, 1.54) is 0 Å². The zero-order valence-electron chi connectivity index (χ0n) is 13.3. The van der Waals surface area contributed by atoms with Gasteiger partial charge in [-0.25, -0.2) is 0 Å². The lowest BCUT2D eigenvalue weighted by Gasteiger charge is -2.24. The van der Waals surface area contributed by atoms with Crippen LogP contribution in [0.5, 0.6) is 0 Å². The molecule has 3 N–H and O–H groups in total. The zero-order chi connectivity index (χ0) is 16.8. The number of rotatable bonds is 6. The van der Waals surface area contributed by atoms with Crippen LogP contribution in [0.1, 0.15) is 36.0 Å². The largest absolute Gasteiger partial charge is 0.354 e. The van der Waals surface area contributed by atoms with Crippen molar-refractivity contribution in [2.45, 2.75) is 31.7 Å². The maximum absolute atomic E-state index is 12.6. The third-order valence-electron chi connectivity index (χ3n) is 3.91. The van der Waals surface area contributed by atoms with E-state index in [4.69, 9.17) is 28.9 Å². The Hall–Kier alpha value is -1.01. The van der Waals surface area contributed by atoms with Gasteiger partial charge in [0.05, 0.1) is 10.0 Å². The predicted molar refractivity (Wildman–Crippen MR) is 99.1 cm³/mol. The first-order chi connectivity index (χ1) is 11.0. The third-order valence-corrected chi connectivity index (χ3v) is 4.65. The molecule has 1 atom stereocenters. The van der Waals surface area contributed by atoms with Crippen molar-refractivity contribution in [3.63, 3.8) is 0 Å². The summed E-state index contributed by atoms with van der Waals surface area (Å²) < 4.78 is 0. The Balaban J connectivity index is 0.00000288. The average molecular weight is 395 g/mol. The first-order valence-corrected chi connectivity index (χ1v) is 8.54. The van der Waals surface area contributed by atoms with E-state index in [1.54, 1.807) is 23.1 Å². The van der Waals surface area contributed by atoms with Gasteiger partial charge >= 0.3 is 0 Å². The van der Waals surface area contributed by atoms with Crippen molar-refractivity contribution >= 4 is 47.4 Å². The van der Waals surface area contributed by atoms with Crippen molar-refractivity contribution in [3.8, 4) is 0 Å².